The first kappa shape index (κ1) is 42.8. The summed E-state index contributed by atoms with van der Waals surface area (Å²) in [6.07, 6.45) is 0.207. The van der Waals surface area contributed by atoms with Gasteiger partial charge in [-0.05, 0) is 38.9 Å². The summed E-state index contributed by atoms with van der Waals surface area (Å²) >= 11 is 0. The Kier molecular flexibility index (Phi) is 14.5. The fraction of sp³-hybridized carbons (Fsp3) is 1.00. The first-order valence-electron chi connectivity index (χ1n) is 11.8. The monoisotopic (exact) mass is 685 g/mol. The molecule has 22 heteroatoms. The predicted octanol–water partition coefficient (Wildman–Crippen LogP) is 8.53. The van der Waals surface area contributed by atoms with Gasteiger partial charge < -0.3 is 4.90 Å². The SMILES string of the molecule is CCCCN(CCCC)CCCC.O=S(=O)(O)C(F)(F)C(F)(F)C(F)(F)C(F)(F)C(F)(F)C(F)(F)C(F)(F)C(F)(F)F. The number of nitrogens with zero attached hydrogens (tertiary/aromatic N) is 1. The van der Waals surface area contributed by atoms with Crippen molar-refractivity contribution in [1.82, 2.24) is 4.90 Å². The van der Waals surface area contributed by atoms with Gasteiger partial charge >= 0.3 is 57.1 Å². The minimum absolute atomic E-state index is 1.32. The van der Waals surface area contributed by atoms with Gasteiger partial charge in [0.05, 0.1) is 0 Å². The van der Waals surface area contributed by atoms with Gasteiger partial charge in [0.2, 0.25) is 0 Å². The van der Waals surface area contributed by atoms with Gasteiger partial charge in [0.25, 0.3) is 0 Å². The Hall–Kier alpha value is -1.32. The predicted molar refractivity (Wildman–Crippen MR) is 113 cm³/mol. The summed E-state index contributed by atoms with van der Waals surface area (Å²) in [5.74, 6) is -52.0. The van der Waals surface area contributed by atoms with Crippen molar-refractivity contribution in [2.45, 2.75) is 106 Å². The fourth-order valence-electron chi connectivity index (χ4n) is 2.79. The van der Waals surface area contributed by atoms with Crippen molar-refractivity contribution < 1.29 is 87.6 Å². The molecule has 0 saturated carbocycles. The first-order chi connectivity index (χ1) is 18.3. The van der Waals surface area contributed by atoms with Crippen LogP contribution in [0.25, 0.3) is 0 Å². The molecule has 0 rings (SSSR count). The molecule has 0 aromatic carbocycles. The lowest BCUT2D eigenvalue weighted by Gasteiger charge is -2.42. The molecule has 0 aromatic heterocycles. The highest BCUT2D eigenvalue weighted by Crippen LogP contribution is 2.64. The molecular formula is C20H28F17NO3S. The van der Waals surface area contributed by atoms with E-state index in [1.54, 1.807) is 0 Å². The fourth-order valence-corrected chi connectivity index (χ4v) is 3.24. The van der Waals surface area contributed by atoms with E-state index in [0.717, 1.165) is 0 Å². The van der Waals surface area contributed by atoms with Gasteiger partial charge in [0.1, 0.15) is 0 Å². The van der Waals surface area contributed by atoms with E-state index in [1.807, 2.05) is 0 Å². The summed E-state index contributed by atoms with van der Waals surface area (Å²) in [4.78, 5) is 2.64. The molecule has 0 saturated heterocycles. The molecule has 0 heterocycles. The van der Waals surface area contributed by atoms with Crippen LogP contribution in [0.4, 0.5) is 74.6 Å². The van der Waals surface area contributed by atoms with Crippen LogP contribution in [-0.2, 0) is 10.1 Å². The lowest BCUT2D eigenvalue weighted by Crippen LogP contribution is -2.74. The number of rotatable bonds is 16. The Morgan fingerprint density at radius 2 is 0.714 bits per heavy atom. The largest absolute Gasteiger partial charge is 0.460 e. The van der Waals surface area contributed by atoms with Crippen LogP contribution in [0.2, 0.25) is 0 Å². The van der Waals surface area contributed by atoms with Gasteiger partial charge in [-0.25, -0.2) is 0 Å². The Bertz CT molecular complexity index is 918. The van der Waals surface area contributed by atoms with Crippen LogP contribution < -0.4 is 0 Å². The summed E-state index contributed by atoms with van der Waals surface area (Å²) in [6, 6.07) is 0. The molecule has 0 radical (unpaired) electrons. The second-order valence-electron chi connectivity index (χ2n) is 8.84. The van der Waals surface area contributed by atoms with Crippen LogP contribution in [0.3, 0.4) is 0 Å². The van der Waals surface area contributed by atoms with Gasteiger partial charge in [-0.3, -0.25) is 4.55 Å². The second kappa shape index (κ2) is 14.2. The second-order valence-corrected chi connectivity index (χ2v) is 10.3. The quantitative estimate of drug-likeness (QED) is 0.131. The summed E-state index contributed by atoms with van der Waals surface area (Å²) in [6.45, 7) is 10.8. The molecule has 0 spiro atoms. The van der Waals surface area contributed by atoms with E-state index in [9.17, 15) is 83.1 Å². The van der Waals surface area contributed by atoms with Crippen LogP contribution >= 0.6 is 0 Å². The van der Waals surface area contributed by atoms with Crippen molar-refractivity contribution in [3.63, 3.8) is 0 Å². The molecular weight excluding hydrogens is 657 g/mol. The highest BCUT2D eigenvalue weighted by atomic mass is 32.2. The van der Waals surface area contributed by atoms with Gasteiger partial charge in [0, 0.05) is 0 Å². The highest BCUT2D eigenvalue weighted by molar-refractivity contribution is 7.87. The summed E-state index contributed by atoms with van der Waals surface area (Å²) in [7, 11) is -7.89. The van der Waals surface area contributed by atoms with Gasteiger partial charge in [0.15, 0.2) is 0 Å². The van der Waals surface area contributed by atoms with E-state index in [0.29, 0.717) is 0 Å². The first-order valence-corrected chi connectivity index (χ1v) is 13.2. The lowest BCUT2D eigenvalue weighted by atomic mass is 9.91. The van der Waals surface area contributed by atoms with Crippen LogP contribution in [0.15, 0.2) is 0 Å². The molecule has 0 atom stereocenters. The minimum Gasteiger partial charge on any atom is -0.303 e. The molecule has 1 N–H and O–H groups in total. The van der Waals surface area contributed by atoms with Crippen LogP contribution in [0.5, 0.6) is 0 Å². The Labute approximate surface area is 229 Å². The van der Waals surface area contributed by atoms with Crippen molar-refractivity contribution in [3.05, 3.63) is 0 Å². The summed E-state index contributed by atoms with van der Waals surface area (Å²) in [5, 5.41) is -7.84. The number of hydrogen-bond donors (Lipinski definition) is 1. The highest BCUT2D eigenvalue weighted by Gasteiger charge is 2.96. The number of alkyl halides is 17. The van der Waals surface area contributed by atoms with E-state index in [-0.39, 0.29) is 0 Å². The number of unbranched alkanes of at least 4 members (excludes halogenated alkanes) is 3. The third-order valence-electron chi connectivity index (χ3n) is 5.50. The molecule has 0 aliphatic carbocycles. The number of halogens is 17. The van der Waals surface area contributed by atoms with Crippen molar-refractivity contribution in [3.8, 4) is 0 Å². The third kappa shape index (κ3) is 8.03. The topological polar surface area (TPSA) is 57.6 Å². The van der Waals surface area contributed by atoms with E-state index >= 15 is 0 Å². The summed E-state index contributed by atoms with van der Waals surface area (Å²) < 4.78 is 242. The van der Waals surface area contributed by atoms with Crippen LogP contribution in [0.1, 0.15) is 59.3 Å². The Morgan fingerprint density at radius 1 is 0.476 bits per heavy atom. The molecule has 0 aliphatic rings. The van der Waals surface area contributed by atoms with E-state index in [2.05, 4.69) is 25.7 Å². The van der Waals surface area contributed by atoms with Crippen molar-refractivity contribution >= 4 is 10.1 Å². The van der Waals surface area contributed by atoms with Crippen molar-refractivity contribution in [1.29, 1.82) is 0 Å². The molecule has 0 aromatic rings. The van der Waals surface area contributed by atoms with Gasteiger partial charge in [-0.1, -0.05) is 40.0 Å². The van der Waals surface area contributed by atoms with E-state index in [1.165, 1.54) is 58.2 Å². The Morgan fingerprint density at radius 3 is 0.929 bits per heavy atom. The summed E-state index contributed by atoms with van der Waals surface area (Å²) in [5.41, 5.74) is 0. The van der Waals surface area contributed by atoms with Crippen LogP contribution in [-0.4, -0.2) is 84.5 Å². The van der Waals surface area contributed by atoms with Gasteiger partial charge in [-0.15, -0.1) is 0 Å². The normalized spacial score (nSPS) is 15.1. The maximum absolute atomic E-state index is 13.0. The molecule has 0 fully saturated rings. The molecule has 4 nitrogen and oxygen atoms in total. The maximum atomic E-state index is 13.0. The lowest BCUT2D eigenvalue weighted by molar-refractivity contribution is -0.458. The molecule has 0 unspecified atom stereocenters. The average molecular weight is 685 g/mol. The maximum Gasteiger partial charge on any atom is 0.460 e. The smallest absolute Gasteiger partial charge is 0.303 e. The molecule has 0 bridgehead atoms. The zero-order chi connectivity index (χ0) is 34.4. The van der Waals surface area contributed by atoms with E-state index in [4.69, 9.17) is 4.55 Å². The van der Waals surface area contributed by atoms with Gasteiger partial charge in [-0.2, -0.15) is 83.1 Å². The van der Waals surface area contributed by atoms with Crippen molar-refractivity contribution in [2.24, 2.45) is 0 Å². The van der Waals surface area contributed by atoms with Crippen LogP contribution in [0, 0.1) is 0 Å². The minimum atomic E-state index is -8.89. The Balaban J connectivity index is 0. The molecule has 0 aliphatic heterocycles. The average Bonchev–Trinajstić information content (AvgIpc) is 2.81. The molecule has 42 heavy (non-hydrogen) atoms. The molecule has 256 valence electrons. The van der Waals surface area contributed by atoms with Crippen molar-refractivity contribution in [2.75, 3.05) is 19.6 Å². The standard InChI is InChI=1S/C12H27N.C8HF17O3S/c1-4-7-10-13(11-8-5-2)12-9-6-3;9-1(10,3(13,14)5(17,18)7(21,22)23)2(11,12)4(15,16)6(19,20)8(24,25)29(26,27)28/h4-12H2,1-3H3;(H,26,27,28). The molecule has 0 amide bonds. The number of hydrogen-bond acceptors (Lipinski definition) is 3. The zero-order valence-electron chi connectivity index (χ0n) is 21.9. The third-order valence-corrected chi connectivity index (χ3v) is 6.41. The zero-order valence-corrected chi connectivity index (χ0v) is 22.7. The van der Waals surface area contributed by atoms with E-state index < -0.39 is 57.1 Å².